The summed E-state index contributed by atoms with van der Waals surface area (Å²) in [6.45, 7) is 0.280. The molecule has 0 radical (unpaired) electrons. The van der Waals surface area contributed by atoms with Crippen molar-refractivity contribution in [1.29, 1.82) is 5.26 Å². The number of hydrogen-bond acceptors (Lipinski definition) is 4. The molecule has 5 heteroatoms. The van der Waals surface area contributed by atoms with Crippen LogP contribution in [0.3, 0.4) is 0 Å². The number of nitrogens with zero attached hydrogens (tertiary/aromatic N) is 2. The molecule has 1 aromatic carbocycles. The molecule has 1 unspecified atom stereocenters. The molecule has 5 nitrogen and oxygen atoms in total. The number of amides is 1. The normalized spacial score (nSPS) is 11.5. The fourth-order valence-electron chi connectivity index (χ4n) is 2.13. The van der Waals surface area contributed by atoms with Crippen molar-refractivity contribution in [3.05, 3.63) is 65.5 Å². The average Bonchev–Trinajstić information content (AvgIpc) is 2.59. The molecule has 0 aliphatic rings. The quantitative estimate of drug-likeness (QED) is 0.846. The van der Waals surface area contributed by atoms with Crippen LogP contribution in [0, 0.1) is 17.2 Å². The first-order valence-corrected chi connectivity index (χ1v) is 7.02. The number of hydrogen-bond donors (Lipinski definition) is 2. The summed E-state index contributed by atoms with van der Waals surface area (Å²) in [5, 5.41) is 21.2. The summed E-state index contributed by atoms with van der Waals surface area (Å²) in [6.07, 6.45) is 2.28. The number of aliphatic hydroxyl groups is 1. The lowest BCUT2D eigenvalue weighted by Gasteiger charge is -2.15. The van der Waals surface area contributed by atoms with Crippen LogP contribution in [-0.2, 0) is 6.42 Å². The van der Waals surface area contributed by atoms with Gasteiger partial charge in [0.25, 0.3) is 5.91 Å². The maximum absolute atomic E-state index is 12.1. The monoisotopic (exact) mass is 295 g/mol. The van der Waals surface area contributed by atoms with Crippen molar-refractivity contribution in [2.45, 2.75) is 6.42 Å². The summed E-state index contributed by atoms with van der Waals surface area (Å²) >= 11 is 0. The molecule has 0 saturated heterocycles. The molecular formula is C17H17N3O2. The third-order valence-electron chi connectivity index (χ3n) is 3.33. The Morgan fingerprint density at radius 3 is 2.73 bits per heavy atom. The highest BCUT2D eigenvalue weighted by Gasteiger charge is 2.14. The van der Waals surface area contributed by atoms with E-state index < -0.39 is 0 Å². The van der Waals surface area contributed by atoms with E-state index in [0.29, 0.717) is 24.1 Å². The Morgan fingerprint density at radius 1 is 1.27 bits per heavy atom. The van der Waals surface area contributed by atoms with E-state index in [1.807, 2.05) is 24.3 Å². The Hall–Kier alpha value is -2.71. The van der Waals surface area contributed by atoms with E-state index in [1.54, 1.807) is 30.5 Å². The Morgan fingerprint density at radius 2 is 2.05 bits per heavy atom. The molecule has 1 aromatic heterocycles. The number of nitrogens with one attached hydrogen (secondary N) is 1. The summed E-state index contributed by atoms with van der Waals surface area (Å²) in [7, 11) is 0. The summed E-state index contributed by atoms with van der Waals surface area (Å²) in [5.41, 5.74) is 1.55. The second-order valence-electron chi connectivity index (χ2n) is 4.94. The molecule has 2 rings (SSSR count). The van der Waals surface area contributed by atoms with E-state index in [4.69, 9.17) is 5.26 Å². The van der Waals surface area contributed by atoms with Gasteiger partial charge in [0.1, 0.15) is 0 Å². The van der Waals surface area contributed by atoms with Crippen molar-refractivity contribution < 1.29 is 9.90 Å². The maximum atomic E-state index is 12.1. The zero-order valence-electron chi connectivity index (χ0n) is 12.1. The maximum Gasteiger partial charge on any atom is 0.252 e. The van der Waals surface area contributed by atoms with Gasteiger partial charge in [-0.25, -0.2) is 0 Å². The third-order valence-corrected chi connectivity index (χ3v) is 3.33. The summed E-state index contributed by atoms with van der Waals surface area (Å²) < 4.78 is 0. The van der Waals surface area contributed by atoms with Crippen LogP contribution in [0.25, 0.3) is 0 Å². The molecule has 22 heavy (non-hydrogen) atoms. The lowest BCUT2D eigenvalue weighted by Crippen LogP contribution is -2.32. The van der Waals surface area contributed by atoms with Gasteiger partial charge in [-0.05, 0) is 30.7 Å². The van der Waals surface area contributed by atoms with Crippen molar-refractivity contribution >= 4 is 5.91 Å². The number of carbonyl (C=O) groups excluding carboxylic acids is 1. The summed E-state index contributed by atoms with van der Waals surface area (Å²) in [4.78, 5) is 16.3. The molecule has 112 valence electrons. The summed E-state index contributed by atoms with van der Waals surface area (Å²) in [6, 6.07) is 14.2. The van der Waals surface area contributed by atoms with Gasteiger partial charge in [-0.3, -0.25) is 9.78 Å². The van der Waals surface area contributed by atoms with Gasteiger partial charge < -0.3 is 10.4 Å². The molecule has 0 spiro atoms. The van der Waals surface area contributed by atoms with Gasteiger partial charge in [-0.1, -0.05) is 18.2 Å². The molecule has 0 aliphatic carbocycles. The Balaban J connectivity index is 1.96. The molecule has 0 bridgehead atoms. The van der Waals surface area contributed by atoms with E-state index in [9.17, 15) is 9.90 Å². The lowest BCUT2D eigenvalue weighted by atomic mass is 10.0. The van der Waals surface area contributed by atoms with Gasteiger partial charge in [0.15, 0.2) is 0 Å². The predicted octanol–water partition coefficient (Wildman–Crippen LogP) is 1.53. The van der Waals surface area contributed by atoms with Crippen LogP contribution in [0.2, 0.25) is 0 Å². The highest BCUT2D eigenvalue weighted by molar-refractivity contribution is 5.96. The molecule has 0 aliphatic heterocycles. The van der Waals surface area contributed by atoms with Gasteiger partial charge in [-0.15, -0.1) is 0 Å². The first kappa shape index (κ1) is 15.7. The Bertz CT molecular complexity index is 665. The minimum atomic E-state index is -0.309. The fraction of sp³-hybridized carbons (Fsp3) is 0.235. The van der Waals surface area contributed by atoms with Gasteiger partial charge >= 0.3 is 0 Å². The summed E-state index contributed by atoms with van der Waals surface area (Å²) in [5.74, 6) is -0.426. The van der Waals surface area contributed by atoms with Crippen LogP contribution in [0.15, 0.2) is 48.7 Å². The average molecular weight is 295 g/mol. The van der Waals surface area contributed by atoms with Crippen LogP contribution in [0.1, 0.15) is 21.6 Å². The molecule has 2 N–H and O–H groups in total. The van der Waals surface area contributed by atoms with Crippen molar-refractivity contribution in [2.24, 2.45) is 5.92 Å². The molecule has 1 amide bonds. The molecular weight excluding hydrogens is 278 g/mol. The first-order chi connectivity index (χ1) is 10.7. The Labute approximate surface area is 129 Å². The fourth-order valence-corrected chi connectivity index (χ4v) is 2.13. The van der Waals surface area contributed by atoms with E-state index in [0.717, 1.165) is 5.69 Å². The third kappa shape index (κ3) is 4.14. The zero-order chi connectivity index (χ0) is 15.8. The highest BCUT2D eigenvalue weighted by atomic mass is 16.3. The number of rotatable bonds is 6. The van der Waals surface area contributed by atoms with Gasteiger partial charge in [0.2, 0.25) is 0 Å². The van der Waals surface area contributed by atoms with Crippen LogP contribution in [0.4, 0.5) is 0 Å². The second-order valence-corrected chi connectivity index (χ2v) is 4.94. The standard InChI is InChI=1S/C17H17N3O2/c18-10-14-5-1-2-7-16(14)17(22)20-11-13(12-21)9-15-6-3-4-8-19-15/h1-8,13,21H,9,11-12H2,(H,20,22). The van der Waals surface area contributed by atoms with Crippen LogP contribution >= 0.6 is 0 Å². The number of benzene rings is 1. The van der Waals surface area contributed by atoms with Crippen LogP contribution in [-0.4, -0.2) is 29.1 Å². The van der Waals surface area contributed by atoms with Gasteiger partial charge in [0.05, 0.1) is 17.2 Å². The minimum absolute atomic E-state index is 0.0449. The first-order valence-electron chi connectivity index (χ1n) is 7.02. The number of aromatic nitrogens is 1. The number of carbonyl (C=O) groups is 1. The topological polar surface area (TPSA) is 86.0 Å². The van der Waals surface area contributed by atoms with E-state index in [2.05, 4.69) is 10.3 Å². The predicted molar refractivity (Wildman–Crippen MR) is 82.0 cm³/mol. The molecule has 0 fully saturated rings. The number of pyridine rings is 1. The molecule has 2 aromatic rings. The van der Waals surface area contributed by atoms with Crippen molar-refractivity contribution in [3.63, 3.8) is 0 Å². The van der Waals surface area contributed by atoms with E-state index in [-0.39, 0.29) is 18.4 Å². The minimum Gasteiger partial charge on any atom is -0.396 e. The highest BCUT2D eigenvalue weighted by Crippen LogP contribution is 2.08. The largest absolute Gasteiger partial charge is 0.396 e. The second kappa shape index (κ2) is 7.91. The van der Waals surface area contributed by atoms with Crippen molar-refractivity contribution in [1.82, 2.24) is 10.3 Å². The van der Waals surface area contributed by atoms with Crippen molar-refractivity contribution in [3.8, 4) is 6.07 Å². The number of nitriles is 1. The smallest absolute Gasteiger partial charge is 0.252 e. The number of aliphatic hydroxyl groups excluding tert-OH is 1. The van der Waals surface area contributed by atoms with E-state index in [1.165, 1.54) is 0 Å². The Kier molecular flexibility index (Phi) is 5.64. The molecule has 1 atom stereocenters. The van der Waals surface area contributed by atoms with Gasteiger partial charge in [-0.2, -0.15) is 5.26 Å². The van der Waals surface area contributed by atoms with Crippen molar-refractivity contribution in [2.75, 3.05) is 13.2 Å². The van der Waals surface area contributed by atoms with Crippen LogP contribution in [0.5, 0.6) is 0 Å². The zero-order valence-corrected chi connectivity index (χ0v) is 12.1. The molecule has 0 saturated carbocycles. The van der Waals surface area contributed by atoms with Gasteiger partial charge in [0, 0.05) is 31.0 Å². The van der Waals surface area contributed by atoms with Crippen LogP contribution < -0.4 is 5.32 Å². The SMILES string of the molecule is N#Cc1ccccc1C(=O)NCC(CO)Cc1ccccn1. The van der Waals surface area contributed by atoms with E-state index >= 15 is 0 Å². The molecule has 1 heterocycles. The lowest BCUT2D eigenvalue weighted by molar-refractivity contribution is 0.0939.